The van der Waals surface area contributed by atoms with Gasteiger partial charge in [0.25, 0.3) is 0 Å². The average molecular weight is 1100 g/mol. The van der Waals surface area contributed by atoms with Gasteiger partial charge in [0, 0.05) is 12.8 Å². The van der Waals surface area contributed by atoms with E-state index in [0.717, 1.165) is 109 Å². The fraction of sp³-hybridized carbons (Fsp3) is 0.700. The zero-order chi connectivity index (χ0) is 57.6. The lowest BCUT2D eigenvalue weighted by atomic mass is 10.0. The van der Waals surface area contributed by atoms with Crippen LogP contribution in [0.25, 0.3) is 0 Å². The van der Waals surface area contributed by atoms with Crippen LogP contribution >= 0.6 is 0 Å². The van der Waals surface area contributed by atoms with Gasteiger partial charge in [-0.1, -0.05) is 252 Å². The van der Waals surface area contributed by atoms with Gasteiger partial charge in [-0.25, -0.2) is 0 Å². The van der Waals surface area contributed by atoms with Crippen molar-refractivity contribution < 1.29 is 42.9 Å². The highest BCUT2D eigenvalue weighted by atomic mass is 16.7. The number of esters is 2. The molecule has 0 aromatic rings. The van der Waals surface area contributed by atoms with Gasteiger partial charge >= 0.3 is 11.9 Å². The lowest BCUT2D eigenvalue weighted by Gasteiger charge is -2.26. The summed E-state index contributed by atoms with van der Waals surface area (Å²) in [7, 11) is 5.92. The van der Waals surface area contributed by atoms with Crippen LogP contribution in [0.3, 0.4) is 0 Å². The van der Waals surface area contributed by atoms with Crippen molar-refractivity contribution in [2.75, 3.05) is 47.5 Å². The third-order valence-electron chi connectivity index (χ3n) is 13.5. The maximum Gasteiger partial charge on any atom is 0.306 e. The van der Waals surface area contributed by atoms with Crippen LogP contribution in [-0.4, -0.2) is 82.3 Å². The van der Waals surface area contributed by atoms with Gasteiger partial charge < -0.3 is 33.3 Å². The molecule has 0 aliphatic carbocycles. The zero-order valence-corrected chi connectivity index (χ0v) is 51.5. The number of allylic oxidation sites excluding steroid dienone is 18. The fourth-order valence-electron chi connectivity index (χ4n) is 8.61. The number of carboxylic acids is 1. The summed E-state index contributed by atoms with van der Waals surface area (Å²) in [5.74, 6) is -2.30. The van der Waals surface area contributed by atoms with E-state index in [1.807, 2.05) is 21.1 Å². The second kappa shape index (κ2) is 60.1. The molecule has 0 N–H and O–H groups in total. The summed E-state index contributed by atoms with van der Waals surface area (Å²) in [6.07, 6.45) is 80.2. The van der Waals surface area contributed by atoms with Crippen molar-refractivity contribution in [3.8, 4) is 0 Å². The Morgan fingerprint density at radius 2 is 0.722 bits per heavy atom. The van der Waals surface area contributed by atoms with E-state index in [1.165, 1.54) is 116 Å². The highest BCUT2D eigenvalue weighted by molar-refractivity contribution is 5.70. The Morgan fingerprint density at radius 3 is 1.08 bits per heavy atom. The summed E-state index contributed by atoms with van der Waals surface area (Å²) in [5.41, 5.74) is 0. The molecule has 0 rings (SSSR count). The van der Waals surface area contributed by atoms with Crippen LogP contribution in [0.4, 0.5) is 0 Å². The summed E-state index contributed by atoms with van der Waals surface area (Å²) in [5, 5.41) is 11.8. The molecule has 0 amide bonds. The van der Waals surface area contributed by atoms with Gasteiger partial charge in [-0.2, -0.15) is 0 Å². The molecule has 0 radical (unpaired) electrons. The molecule has 0 saturated carbocycles. The Balaban J connectivity index is 4.06. The smallest absolute Gasteiger partial charge is 0.306 e. The minimum Gasteiger partial charge on any atom is -0.545 e. The molecule has 2 unspecified atom stereocenters. The second-order valence-electron chi connectivity index (χ2n) is 22.3. The number of rotatable bonds is 58. The predicted molar refractivity (Wildman–Crippen MR) is 333 cm³/mol. The Labute approximate surface area is 485 Å². The molecule has 0 aromatic heterocycles. The van der Waals surface area contributed by atoms with Crippen molar-refractivity contribution in [1.29, 1.82) is 0 Å². The molecule has 9 nitrogen and oxygen atoms in total. The molecule has 0 spiro atoms. The summed E-state index contributed by atoms with van der Waals surface area (Å²) in [6, 6.07) is 0. The molecule has 0 aromatic carbocycles. The number of hydrogen-bond donors (Lipinski definition) is 0. The first-order chi connectivity index (χ1) is 38.6. The van der Waals surface area contributed by atoms with E-state index in [1.54, 1.807) is 0 Å². The summed E-state index contributed by atoms with van der Waals surface area (Å²) < 4.78 is 22.7. The van der Waals surface area contributed by atoms with E-state index in [2.05, 4.69) is 123 Å². The van der Waals surface area contributed by atoms with Crippen LogP contribution in [0.2, 0.25) is 0 Å². The van der Waals surface area contributed by atoms with Gasteiger partial charge in [-0.3, -0.25) is 9.59 Å². The largest absolute Gasteiger partial charge is 0.545 e. The molecular formula is C70H119NO8. The van der Waals surface area contributed by atoms with E-state index in [4.69, 9.17) is 18.9 Å². The fourth-order valence-corrected chi connectivity index (χ4v) is 8.61. The average Bonchev–Trinajstić information content (AvgIpc) is 3.42. The second-order valence-corrected chi connectivity index (χ2v) is 22.3. The first-order valence-electron chi connectivity index (χ1n) is 32.0. The van der Waals surface area contributed by atoms with Crippen molar-refractivity contribution in [2.24, 2.45) is 0 Å². The van der Waals surface area contributed by atoms with Crippen molar-refractivity contribution in [1.82, 2.24) is 0 Å². The molecule has 0 fully saturated rings. The summed E-state index contributed by atoms with van der Waals surface area (Å²) in [6.45, 7) is 4.59. The molecule has 0 aliphatic heterocycles. The van der Waals surface area contributed by atoms with Gasteiger partial charge in [-0.15, -0.1) is 0 Å². The minimum atomic E-state index is -1.63. The first-order valence-corrected chi connectivity index (χ1v) is 32.0. The number of quaternary nitrogens is 1. The van der Waals surface area contributed by atoms with Crippen molar-refractivity contribution in [3.63, 3.8) is 0 Å². The van der Waals surface area contributed by atoms with E-state index < -0.39 is 24.3 Å². The van der Waals surface area contributed by atoms with Gasteiger partial charge in [0.1, 0.15) is 13.2 Å². The number of hydrogen-bond acceptors (Lipinski definition) is 8. The Hall–Kier alpha value is -4.05. The topological polar surface area (TPSA) is 111 Å². The maximum absolute atomic E-state index is 12.9. The highest BCUT2D eigenvalue weighted by Crippen LogP contribution is 2.16. The number of likely N-dealkylation sites (N-methyl/N-ethyl adjacent to an activating group) is 1. The number of unbranched alkanes of at least 4 members (excludes halogenated alkanes) is 25. The van der Waals surface area contributed by atoms with Crippen molar-refractivity contribution in [2.45, 2.75) is 270 Å². The van der Waals surface area contributed by atoms with E-state index in [0.29, 0.717) is 17.4 Å². The molecule has 79 heavy (non-hydrogen) atoms. The quantitative estimate of drug-likeness (QED) is 0.0195. The van der Waals surface area contributed by atoms with Gasteiger partial charge in [0.2, 0.25) is 0 Å². The van der Waals surface area contributed by atoms with Crippen LogP contribution in [0, 0.1) is 0 Å². The third-order valence-corrected chi connectivity index (χ3v) is 13.5. The van der Waals surface area contributed by atoms with E-state index in [9.17, 15) is 19.5 Å². The number of aliphatic carboxylic acids is 1. The molecule has 452 valence electrons. The summed E-state index contributed by atoms with van der Waals surface area (Å²) >= 11 is 0. The third kappa shape index (κ3) is 61.4. The monoisotopic (exact) mass is 1100 g/mol. The standard InChI is InChI=1S/C70H119NO8/c1-6-8-10-12-14-16-18-20-22-23-24-25-26-27-28-29-30-31-32-33-34-35-36-37-38-39-40-41-42-43-44-45-47-49-51-53-55-57-59-61-68(73)79-66(65-78-70(69(74)75)76-63-62-71(3,4)5)64-77-67(72)60-58-56-54-52-50-48-46-21-19-17-15-13-11-9-7-2/h8,10,14-17,20-22,24-25,27-28,30-31,33-34,46,66,70H,6-7,9,11-13,18-19,23,26,29,32,35-45,47-65H2,1-5H3/b10-8-,16-14-,17-15-,22-20-,25-24-,28-27-,31-30-,34-33-,46-21-. The van der Waals surface area contributed by atoms with Crippen LogP contribution in [0.1, 0.15) is 258 Å². The van der Waals surface area contributed by atoms with Crippen molar-refractivity contribution in [3.05, 3.63) is 109 Å². The lowest BCUT2D eigenvalue weighted by Crippen LogP contribution is -2.44. The van der Waals surface area contributed by atoms with E-state index >= 15 is 0 Å². The van der Waals surface area contributed by atoms with E-state index in [-0.39, 0.29) is 38.6 Å². The maximum atomic E-state index is 12.9. The highest BCUT2D eigenvalue weighted by Gasteiger charge is 2.22. The predicted octanol–water partition coefficient (Wildman–Crippen LogP) is 18.1. The SMILES string of the molecule is CC/C=C\C/C=C\C/C=C\C/C=C\C/C=C\C/C=C\C/C=C\CCCCCCCCCCCCCCCCCCCC(=O)OC(COC(=O)CCCCCCC/C=C\C/C=C\CCCCC)COC(OCC[N+](C)(C)C)C(=O)[O-]. The summed E-state index contributed by atoms with van der Waals surface area (Å²) in [4.78, 5) is 37.3. The first kappa shape index (κ1) is 75.0. The number of nitrogens with zero attached hydrogens (tertiary/aromatic N) is 1. The van der Waals surface area contributed by atoms with Crippen molar-refractivity contribution >= 4 is 17.9 Å². The zero-order valence-electron chi connectivity index (χ0n) is 51.5. The van der Waals surface area contributed by atoms with Crippen LogP contribution in [-0.2, 0) is 33.3 Å². The van der Waals surface area contributed by atoms with Crippen LogP contribution in [0.5, 0.6) is 0 Å². The molecule has 2 atom stereocenters. The molecule has 0 aliphatic rings. The lowest BCUT2D eigenvalue weighted by molar-refractivity contribution is -0.870. The molecule has 0 saturated heterocycles. The van der Waals surface area contributed by atoms with Gasteiger partial charge in [0.05, 0.1) is 40.3 Å². The van der Waals surface area contributed by atoms with Crippen LogP contribution in [0.15, 0.2) is 109 Å². The number of carbonyl (C=O) groups excluding carboxylic acids is 3. The normalized spacial score (nSPS) is 13.5. The number of ether oxygens (including phenoxy) is 4. The van der Waals surface area contributed by atoms with Gasteiger partial charge in [-0.05, 0) is 103 Å². The Morgan fingerprint density at radius 1 is 0.392 bits per heavy atom. The molecular weight excluding hydrogens is 983 g/mol. The molecule has 9 heteroatoms. The number of carboxylic acid groups (broad SMARTS) is 1. The molecule has 0 bridgehead atoms. The van der Waals surface area contributed by atoms with Crippen LogP contribution < -0.4 is 5.11 Å². The number of carbonyl (C=O) groups is 3. The molecule has 0 heterocycles. The Kier molecular flexibility index (Phi) is 57.0. The Bertz CT molecular complexity index is 1660. The minimum absolute atomic E-state index is 0.142. The van der Waals surface area contributed by atoms with Gasteiger partial charge in [0.15, 0.2) is 12.4 Å².